The van der Waals surface area contributed by atoms with Crippen LogP contribution in [0.25, 0.3) is 0 Å². The van der Waals surface area contributed by atoms with Crippen LogP contribution in [0.1, 0.15) is 30.4 Å². The number of aromatic amines is 1. The van der Waals surface area contributed by atoms with Crippen LogP contribution >= 0.6 is 23.5 Å². The fraction of sp³-hybridized carbons (Fsp3) is 0.393. The molecule has 2 saturated heterocycles. The maximum atomic E-state index is 12.9. The Balaban J connectivity index is 0.000000582. The molecule has 0 radical (unpaired) electrons. The summed E-state index contributed by atoms with van der Waals surface area (Å²) in [5.74, 6) is -1.40. The summed E-state index contributed by atoms with van der Waals surface area (Å²) in [6.45, 7) is 4.67. The highest BCUT2D eigenvalue weighted by Gasteiger charge is 2.54. The number of H-pyrrole nitrogens is 1. The lowest BCUT2D eigenvalue weighted by Crippen LogP contribution is -2.70. The maximum absolute atomic E-state index is 12.9. The minimum atomic E-state index is -1.20. The van der Waals surface area contributed by atoms with Crippen molar-refractivity contribution in [2.24, 2.45) is 0 Å². The van der Waals surface area contributed by atoms with Crippen LogP contribution in [0.4, 0.5) is 0 Å². The van der Waals surface area contributed by atoms with Gasteiger partial charge >= 0.3 is 5.97 Å². The Morgan fingerprint density at radius 2 is 1.98 bits per heavy atom. The largest absolute Gasteiger partial charge is 0.477 e. The fourth-order valence-corrected chi connectivity index (χ4v) is 7.29. The predicted molar refractivity (Wildman–Crippen MR) is 152 cm³/mol. The van der Waals surface area contributed by atoms with E-state index in [1.165, 1.54) is 28.4 Å². The highest BCUT2D eigenvalue weighted by atomic mass is 32.2. The number of carboxylic acid groups (broad SMARTS) is 1. The number of nitrogens with one attached hydrogen (secondary N) is 2. The van der Waals surface area contributed by atoms with Crippen LogP contribution in [-0.2, 0) is 19.2 Å². The van der Waals surface area contributed by atoms with Crippen molar-refractivity contribution < 1.29 is 24.3 Å². The third-order valence-corrected chi connectivity index (χ3v) is 9.26. The van der Waals surface area contributed by atoms with Gasteiger partial charge in [0.15, 0.2) is 0 Å². The average molecular weight is 582 g/mol. The van der Waals surface area contributed by atoms with Gasteiger partial charge in [-0.1, -0.05) is 6.07 Å². The van der Waals surface area contributed by atoms with E-state index in [2.05, 4.69) is 21.4 Å². The summed E-state index contributed by atoms with van der Waals surface area (Å²) < 4.78 is 0. The number of rotatable bonds is 7. The predicted octanol–water partition coefficient (Wildman–Crippen LogP) is 2.86. The van der Waals surface area contributed by atoms with Gasteiger partial charge in [-0.2, -0.15) is 0 Å². The van der Waals surface area contributed by atoms with E-state index in [1.807, 2.05) is 30.9 Å². The first-order chi connectivity index (χ1) is 19.2. The van der Waals surface area contributed by atoms with Crippen molar-refractivity contribution in [1.29, 1.82) is 0 Å². The van der Waals surface area contributed by atoms with Gasteiger partial charge < -0.3 is 20.3 Å². The number of β-lactam (4-membered cyclic amide) rings is 1. The Bertz CT molecular complexity index is 1350. The molecular weight excluding hydrogens is 550 g/mol. The van der Waals surface area contributed by atoms with Crippen molar-refractivity contribution in [3.05, 3.63) is 71.0 Å². The van der Waals surface area contributed by atoms with Gasteiger partial charge in [-0.3, -0.25) is 19.3 Å². The summed E-state index contributed by atoms with van der Waals surface area (Å²) in [6, 6.07) is 5.65. The number of carbonyl (C=O) groups is 4. The zero-order valence-corrected chi connectivity index (χ0v) is 23.9. The number of hydrogen-bond donors (Lipinski definition) is 3. The number of carbonyl (C=O) groups excluding carboxylic acids is 3. The summed E-state index contributed by atoms with van der Waals surface area (Å²) in [4.78, 5) is 60.8. The van der Waals surface area contributed by atoms with Crippen molar-refractivity contribution in [3.8, 4) is 0 Å². The van der Waals surface area contributed by atoms with Crippen LogP contribution in [0.3, 0.4) is 0 Å². The van der Waals surface area contributed by atoms with E-state index >= 15 is 0 Å². The number of carboxylic acids is 1. The number of allylic oxidation sites excluding steroid dienone is 1. The van der Waals surface area contributed by atoms with E-state index in [-0.39, 0.29) is 23.3 Å². The van der Waals surface area contributed by atoms with Crippen molar-refractivity contribution in [3.63, 3.8) is 0 Å². The number of aryl methyl sites for hydroxylation is 2. The molecule has 0 unspecified atom stereocenters. The molecule has 3 N–H and O–H groups in total. The van der Waals surface area contributed by atoms with E-state index in [0.29, 0.717) is 35.9 Å². The first-order valence-electron chi connectivity index (χ1n) is 13.1. The molecule has 4 heterocycles. The standard InChI is InChI=1S/C25H27N3O5S2.C3H4N2/c1-13-7-14(2)9-18(8-13)34-12-19(29)26-20-23(31)28-21(25(32)33)16(11-35-24(20)28)10-15-5-6-27(22(15)30)17-3-4-17;1-2-5-3-4-1/h7-10,17,20,24H,3-6,11-12H2,1-2H3,(H,26,29)(H,32,33);1-3H,(H,4,5)/t20-,24-;/m1./s1. The molecule has 210 valence electrons. The minimum absolute atomic E-state index is 0.0294. The molecule has 1 aromatic carbocycles. The van der Waals surface area contributed by atoms with Gasteiger partial charge in [0, 0.05) is 41.2 Å². The first-order valence-corrected chi connectivity index (χ1v) is 15.1. The highest BCUT2D eigenvalue weighted by molar-refractivity contribution is 8.00. The van der Waals surface area contributed by atoms with Gasteiger partial charge in [-0.15, -0.1) is 23.5 Å². The monoisotopic (exact) mass is 581 g/mol. The summed E-state index contributed by atoms with van der Waals surface area (Å²) in [5.41, 5.74) is 3.23. The van der Waals surface area contributed by atoms with E-state index < -0.39 is 23.3 Å². The van der Waals surface area contributed by atoms with Crippen molar-refractivity contribution >= 4 is 47.2 Å². The van der Waals surface area contributed by atoms with Crippen LogP contribution in [-0.4, -0.2) is 84.1 Å². The van der Waals surface area contributed by atoms with E-state index in [4.69, 9.17) is 0 Å². The van der Waals surface area contributed by atoms with Gasteiger partial charge in [0.05, 0.1) is 12.1 Å². The molecule has 40 heavy (non-hydrogen) atoms. The smallest absolute Gasteiger partial charge is 0.352 e. The molecule has 1 aliphatic carbocycles. The molecule has 0 spiro atoms. The third-order valence-electron chi connectivity index (χ3n) is 6.98. The molecule has 3 amide bonds. The van der Waals surface area contributed by atoms with Crippen molar-refractivity contribution in [2.45, 2.75) is 55.5 Å². The number of amides is 3. The number of aliphatic carboxylic acids is 1. The summed E-state index contributed by atoms with van der Waals surface area (Å²) >= 11 is 2.81. The van der Waals surface area contributed by atoms with E-state index in [9.17, 15) is 24.3 Å². The molecule has 4 aliphatic rings. The van der Waals surface area contributed by atoms with Crippen LogP contribution in [0, 0.1) is 13.8 Å². The van der Waals surface area contributed by atoms with Crippen LogP contribution in [0.5, 0.6) is 0 Å². The summed E-state index contributed by atoms with van der Waals surface area (Å²) in [5, 5.41) is 12.2. The van der Waals surface area contributed by atoms with Gasteiger partial charge in [-0.25, -0.2) is 9.78 Å². The van der Waals surface area contributed by atoms with Crippen LogP contribution in [0.15, 0.2) is 64.7 Å². The van der Waals surface area contributed by atoms with Crippen LogP contribution < -0.4 is 5.32 Å². The second kappa shape index (κ2) is 11.9. The van der Waals surface area contributed by atoms with Crippen molar-refractivity contribution in [2.75, 3.05) is 18.1 Å². The average Bonchev–Trinajstić information content (AvgIpc) is 3.41. The van der Waals surface area contributed by atoms with Gasteiger partial charge in [-0.05, 0) is 68.0 Å². The molecule has 12 heteroatoms. The Hall–Kier alpha value is -3.51. The number of aromatic nitrogens is 2. The molecule has 0 bridgehead atoms. The lowest BCUT2D eigenvalue weighted by molar-refractivity contribution is -0.150. The quantitative estimate of drug-likeness (QED) is 0.258. The van der Waals surface area contributed by atoms with E-state index in [0.717, 1.165) is 28.9 Å². The SMILES string of the molecule is Cc1cc(C)cc(SCC(=O)N[C@@H]2C(=O)N3C(C(=O)O)=C(C=C4CCN(C5CC5)C4=O)CS[C@H]23)c1.c1c[nH]cn1. The number of benzene rings is 1. The summed E-state index contributed by atoms with van der Waals surface area (Å²) in [7, 11) is 0. The van der Waals surface area contributed by atoms with Gasteiger partial charge in [0.2, 0.25) is 11.8 Å². The second-order valence-corrected chi connectivity index (χ2v) is 12.3. The number of fused-ring (bicyclic) bond motifs is 1. The first kappa shape index (κ1) is 28.0. The Kier molecular flexibility index (Phi) is 8.36. The van der Waals surface area contributed by atoms with Gasteiger partial charge in [0.1, 0.15) is 17.1 Å². The Labute approximate surface area is 240 Å². The number of nitrogens with zero attached hydrogens (tertiary/aromatic N) is 3. The Morgan fingerprint density at radius 3 is 2.58 bits per heavy atom. The molecule has 6 rings (SSSR count). The zero-order valence-electron chi connectivity index (χ0n) is 22.3. The molecule has 2 atom stereocenters. The minimum Gasteiger partial charge on any atom is -0.477 e. The second-order valence-electron chi connectivity index (χ2n) is 10.2. The number of hydrogen-bond acceptors (Lipinski definition) is 7. The molecule has 1 aromatic heterocycles. The normalized spacial score (nSPS) is 23.0. The fourth-order valence-electron chi connectivity index (χ4n) is 5.06. The molecular formula is C28H31N5O5S2. The van der Waals surface area contributed by atoms with Gasteiger partial charge in [0.25, 0.3) is 5.91 Å². The topological polar surface area (TPSA) is 136 Å². The van der Waals surface area contributed by atoms with E-state index in [1.54, 1.807) is 24.8 Å². The molecule has 2 aromatic rings. The van der Waals surface area contributed by atoms with Crippen LogP contribution in [0.2, 0.25) is 0 Å². The maximum Gasteiger partial charge on any atom is 0.352 e. The number of thioether (sulfide) groups is 2. The lowest BCUT2D eigenvalue weighted by Gasteiger charge is -2.49. The number of likely N-dealkylation sites (tertiary alicyclic amines) is 1. The highest BCUT2D eigenvalue weighted by Crippen LogP contribution is 2.42. The molecule has 3 fully saturated rings. The number of imidazole rings is 1. The zero-order chi connectivity index (χ0) is 28.4. The molecule has 3 aliphatic heterocycles. The molecule has 1 saturated carbocycles. The molecule has 10 nitrogen and oxygen atoms in total. The summed E-state index contributed by atoms with van der Waals surface area (Å²) in [6.07, 6.45) is 9.39. The third kappa shape index (κ3) is 6.12. The Morgan fingerprint density at radius 1 is 1.23 bits per heavy atom. The van der Waals surface area contributed by atoms with Crippen molar-refractivity contribution in [1.82, 2.24) is 25.1 Å². The lowest BCUT2D eigenvalue weighted by atomic mass is 10.0.